The van der Waals surface area contributed by atoms with Gasteiger partial charge in [0, 0.05) is 6.07 Å². The molecule has 7 heteroatoms. The van der Waals surface area contributed by atoms with Crippen LogP contribution in [0.4, 0.5) is 5.69 Å². The molecule has 0 aromatic heterocycles. The van der Waals surface area contributed by atoms with Gasteiger partial charge < -0.3 is 27.6 Å². The first-order valence-corrected chi connectivity index (χ1v) is 6.95. The largest absolute Gasteiger partial charge is 1.00 e. The molecule has 0 aliphatic heterocycles. The zero-order chi connectivity index (χ0) is 15.0. The molecule has 118 valence electrons. The van der Waals surface area contributed by atoms with Gasteiger partial charge in [-0.25, -0.2) is 0 Å². The van der Waals surface area contributed by atoms with Crippen molar-refractivity contribution in [2.24, 2.45) is 0 Å². The molecule has 1 rings (SSSR count). The van der Waals surface area contributed by atoms with Gasteiger partial charge in [0.2, 0.25) is 0 Å². The van der Waals surface area contributed by atoms with Crippen LogP contribution < -0.4 is 27.6 Å². The van der Waals surface area contributed by atoms with E-state index in [0.717, 1.165) is 19.4 Å². The Balaban J connectivity index is 0.00000400. The Morgan fingerprint density at radius 3 is 2.52 bits per heavy atom. The minimum atomic E-state index is -0.536. The number of para-hydroxylation sites is 1. The number of benzene rings is 1. The normalized spacial score (nSPS) is 10.0. The SMILES string of the molecule is CCC(CC)[NH2+]CCNC(=O)c1ccccc1[N+](=O)[O-].[Br-]. The zero-order valence-electron chi connectivity index (χ0n) is 12.3. The molecule has 21 heavy (non-hydrogen) atoms. The predicted molar refractivity (Wildman–Crippen MR) is 76.6 cm³/mol. The summed E-state index contributed by atoms with van der Waals surface area (Å²) in [5.41, 5.74) is -0.0472. The number of nitro benzene ring substituents is 1. The number of carbonyl (C=O) groups is 1. The maximum Gasteiger partial charge on any atom is 0.282 e. The highest BCUT2D eigenvalue weighted by molar-refractivity contribution is 5.98. The van der Waals surface area contributed by atoms with E-state index in [9.17, 15) is 14.9 Å². The summed E-state index contributed by atoms with van der Waals surface area (Å²) in [6, 6.07) is 6.55. The van der Waals surface area contributed by atoms with Gasteiger partial charge in [-0.3, -0.25) is 14.9 Å². The Morgan fingerprint density at radius 1 is 1.33 bits per heavy atom. The molecule has 0 saturated carbocycles. The van der Waals surface area contributed by atoms with Crippen molar-refractivity contribution >= 4 is 11.6 Å². The molecule has 1 aromatic rings. The summed E-state index contributed by atoms with van der Waals surface area (Å²) < 4.78 is 0. The van der Waals surface area contributed by atoms with Gasteiger partial charge in [-0.2, -0.15) is 0 Å². The van der Waals surface area contributed by atoms with Crippen molar-refractivity contribution in [1.82, 2.24) is 5.32 Å². The highest BCUT2D eigenvalue weighted by atomic mass is 79.9. The lowest BCUT2D eigenvalue weighted by molar-refractivity contribution is -0.688. The third kappa shape index (κ3) is 6.22. The summed E-state index contributed by atoms with van der Waals surface area (Å²) in [6.07, 6.45) is 2.18. The molecule has 0 aliphatic rings. The minimum absolute atomic E-state index is 0. The van der Waals surface area contributed by atoms with Crippen LogP contribution in [0.1, 0.15) is 37.0 Å². The van der Waals surface area contributed by atoms with Crippen LogP contribution in [-0.2, 0) is 0 Å². The Labute approximate surface area is 135 Å². The van der Waals surface area contributed by atoms with Gasteiger partial charge >= 0.3 is 0 Å². The van der Waals surface area contributed by atoms with E-state index < -0.39 is 10.8 Å². The molecule has 1 aromatic carbocycles. The molecule has 3 N–H and O–H groups in total. The third-order valence-electron chi connectivity index (χ3n) is 3.32. The summed E-state index contributed by atoms with van der Waals surface area (Å²) in [5.74, 6) is -0.393. The third-order valence-corrected chi connectivity index (χ3v) is 3.32. The molecule has 0 heterocycles. The van der Waals surface area contributed by atoms with Gasteiger partial charge in [0.25, 0.3) is 11.6 Å². The van der Waals surface area contributed by atoms with E-state index in [2.05, 4.69) is 24.5 Å². The van der Waals surface area contributed by atoms with Crippen molar-refractivity contribution in [3.63, 3.8) is 0 Å². The minimum Gasteiger partial charge on any atom is -1.00 e. The second kappa shape index (κ2) is 10.3. The van der Waals surface area contributed by atoms with E-state index in [1.54, 1.807) is 12.1 Å². The van der Waals surface area contributed by atoms with Crippen molar-refractivity contribution in [2.75, 3.05) is 13.1 Å². The van der Waals surface area contributed by atoms with E-state index in [1.807, 2.05) is 0 Å². The second-order valence-electron chi connectivity index (χ2n) is 4.63. The Hall–Kier alpha value is -1.47. The number of amides is 1. The molecule has 0 fully saturated rings. The second-order valence-corrected chi connectivity index (χ2v) is 4.63. The molecule has 0 radical (unpaired) electrons. The van der Waals surface area contributed by atoms with Crippen LogP contribution in [0.25, 0.3) is 0 Å². The molecule has 0 spiro atoms. The topological polar surface area (TPSA) is 88.8 Å². The summed E-state index contributed by atoms with van der Waals surface area (Å²) in [4.78, 5) is 22.2. The van der Waals surface area contributed by atoms with Crippen molar-refractivity contribution in [3.05, 3.63) is 39.9 Å². The number of nitro groups is 1. The quantitative estimate of drug-likeness (QED) is 0.322. The van der Waals surface area contributed by atoms with Crippen LogP contribution in [0.3, 0.4) is 0 Å². The van der Waals surface area contributed by atoms with Crippen molar-refractivity contribution in [1.29, 1.82) is 0 Å². The molecular formula is C14H22BrN3O3. The summed E-state index contributed by atoms with van der Waals surface area (Å²) in [6.45, 7) is 5.55. The maximum atomic E-state index is 11.9. The number of halogens is 1. The summed E-state index contributed by atoms with van der Waals surface area (Å²) in [5, 5.41) is 15.8. The zero-order valence-corrected chi connectivity index (χ0v) is 13.9. The summed E-state index contributed by atoms with van der Waals surface area (Å²) in [7, 11) is 0. The fourth-order valence-electron chi connectivity index (χ4n) is 2.05. The molecule has 0 unspecified atom stereocenters. The first-order valence-electron chi connectivity index (χ1n) is 6.95. The lowest BCUT2D eigenvalue weighted by Crippen LogP contribution is -3.00. The molecular weight excluding hydrogens is 338 g/mol. The van der Waals surface area contributed by atoms with E-state index in [4.69, 9.17) is 0 Å². The monoisotopic (exact) mass is 359 g/mol. The molecule has 6 nitrogen and oxygen atoms in total. The van der Waals surface area contributed by atoms with Gasteiger partial charge in [-0.1, -0.05) is 26.0 Å². The van der Waals surface area contributed by atoms with Crippen molar-refractivity contribution in [3.8, 4) is 0 Å². The van der Waals surface area contributed by atoms with Crippen LogP contribution in [-0.4, -0.2) is 30.0 Å². The van der Waals surface area contributed by atoms with Crippen LogP contribution in [0, 0.1) is 10.1 Å². The number of nitrogens with two attached hydrogens (primary N) is 1. The number of quaternary nitrogens is 1. The average Bonchev–Trinajstić information content (AvgIpc) is 2.47. The number of hydrogen-bond acceptors (Lipinski definition) is 3. The lowest BCUT2D eigenvalue weighted by Gasteiger charge is -2.11. The molecule has 0 atom stereocenters. The lowest BCUT2D eigenvalue weighted by atomic mass is 10.1. The van der Waals surface area contributed by atoms with E-state index in [-0.39, 0.29) is 28.2 Å². The first kappa shape index (κ1) is 19.5. The smallest absolute Gasteiger partial charge is 0.282 e. The van der Waals surface area contributed by atoms with Gasteiger partial charge in [0.15, 0.2) is 0 Å². The van der Waals surface area contributed by atoms with Crippen molar-refractivity contribution in [2.45, 2.75) is 32.7 Å². The fraction of sp³-hybridized carbons (Fsp3) is 0.500. The van der Waals surface area contributed by atoms with Gasteiger partial charge in [-0.15, -0.1) is 0 Å². The van der Waals surface area contributed by atoms with Crippen LogP contribution in [0.15, 0.2) is 24.3 Å². The van der Waals surface area contributed by atoms with Gasteiger partial charge in [0.05, 0.1) is 24.1 Å². The van der Waals surface area contributed by atoms with Crippen molar-refractivity contribution < 1.29 is 32.0 Å². The number of hydrogen-bond donors (Lipinski definition) is 2. The van der Waals surface area contributed by atoms with E-state index in [0.29, 0.717) is 12.6 Å². The Bertz CT molecular complexity index is 465. The van der Waals surface area contributed by atoms with E-state index >= 15 is 0 Å². The number of rotatable bonds is 8. The molecule has 1 amide bonds. The molecule has 0 aliphatic carbocycles. The van der Waals surface area contributed by atoms with Crippen LogP contribution in [0.2, 0.25) is 0 Å². The Morgan fingerprint density at radius 2 is 1.95 bits per heavy atom. The van der Waals surface area contributed by atoms with Gasteiger partial charge in [0.1, 0.15) is 5.56 Å². The average molecular weight is 360 g/mol. The number of carbonyl (C=O) groups excluding carboxylic acids is 1. The number of nitrogens with one attached hydrogen (secondary N) is 1. The highest BCUT2D eigenvalue weighted by Crippen LogP contribution is 2.16. The molecule has 0 saturated heterocycles. The molecule has 0 bridgehead atoms. The van der Waals surface area contributed by atoms with Crippen LogP contribution >= 0.6 is 0 Å². The highest BCUT2D eigenvalue weighted by Gasteiger charge is 2.18. The summed E-state index contributed by atoms with van der Waals surface area (Å²) >= 11 is 0. The van der Waals surface area contributed by atoms with Gasteiger partial charge in [-0.05, 0) is 18.9 Å². The standard InChI is InChI=1S/C14H21N3O3.BrH/c1-3-11(4-2)15-9-10-16-14(18)12-7-5-6-8-13(12)17(19)20;/h5-8,11,15H,3-4,9-10H2,1-2H3,(H,16,18);1H. The maximum absolute atomic E-state index is 11.9. The predicted octanol–water partition coefficient (Wildman–Crippen LogP) is -1.92. The fourth-order valence-corrected chi connectivity index (χ4v) is 2.05. The Kier molecular flexibility index (Phi) is 9.56. The first-order chi connectivity index (χ1) is 9.60. The van der Waals surface area contributed by atoms with Crippen LogP contribution in [0.5, 0.6) is 0 Å². The number of nitrogens with zero attached hydrogens (tertiary/aromatic N) is 1. The van der Waals surface area contributed by atoms with E-state index in [1.165, 1.54) is 12.1 Å².